The van der Waals surface area contributed by atoms with Gasteiger partial charge < -0.3 is 41.7 Å². The minimum absolute atomic E-state index is 0.284. The number of anilines is 4. The van der Waals surface area contributed by atoms with Crippen molar-refractivity contribution in [3.8, 4) is 0 Å². The molecule has 12 nitrogen and oxygen atoms in total. The van der Waals surface area contributed by atoms with Crippen LogP contribution in [-0.2, 0) is 0 Å². The molecule has 0 aliphatic rings. The van der Waals surface area contributed by atoms with Gasteiger partial charge >= 0.3 is 12.1 Å². The number of hydrogen-bond acceptors (Lipinski definition) is 6. The molecule has 0 aliphatic carbocycles. The summed E-state index contributed by atoms with van der Waals surface area (Å²) in [6.45, 7) is 2.41. The van der Waals surface area contributed by atoms with Gasteiger partial charge in [0.05, 0.1) is 0 Å². The van der Waals surface area contributed by atoms with E-state index < -0.39 is 11.8 Å². The zero-order chi connectivity index (χ0) is 30.5. The number of nitrogens with one attached hydrogen (secondary N) is 6. The molecule has 6 N–H and O–H groups in total. The predicted octanol–water partition coefficient (Wildman–Crippen LogP) is 3.56. The van der Waals surface area contributed by atoms with E-state index in [9.17, 15) is 19.2 Å². The summed E-state index contributed by atoms with van der Waals surface area (Å²) in [4.78, 5) is 54.1. The molecule has 0 saturated heterocycles. The average molecular weight is 575 g/mol. The van der Waals surface area contributed by atoms with Crippen LogP contribution in [0, 0.1) is 0 Å². The fraction of sp³-hybridized carbons (Fsp3) is 0.267. The normalized spacial score (nSPS) is 10.6. The van der Waals surface area contributed by atoms with E-state index in [1.165, 1.54) is 6.07 Å². The lowest BCUT2D eigenvalue weighted by atomic mass is 10.1. The number of benzene rings is 3. The number of urea groups is 2. The maximum Gasteiger partial charge on any atom is 0.319 e. The minimum Gasteiger partial charge on any atom is -0.337 e. The quantitative estimate of drug-likeness (QED) is 0.195. The molecule has 0 unspecified atom stereocenters. The van der Waals surface area contributed by atoms with E-state index in [1.807, 2.05) is 38.0 Å². The summed E-state index contributed by atoms with van der Waals surface area (Å²) >= 11 is 0. The van der Waals surface area contributed by atoms with Crippen LogP contribution in [0.4, 0.5) is 32.3 Å². The van der Waals surface area contributed by atoms with Crippen molar-refractivity contribution in [1.82, 2.24) is 20.4 Å². The Hall–Kier alpha value is -4.94. The molecule has 0 spiro atoms. The van der Waals surface area contributed by atoms with Gasteiger partial charge in [0.25, 0.3) is 11.8 Å². The number of carbonyl (C=O) groups is 4. The van der Waals surface area contributed by atoms with Crippen molar-refractivity contribution < 1.29 is 19.2 Å². The molecule has 12 heteroatoms. The van der Waals surface area contributed by atoms with Crippen molar-refractivity contribution in [3.63, 3.8) is 0 Å². The van der Waals surface area contributed by atoms with E-state index in [0.717, 1.165) is 0 Å². The third-order valence-electron chi connectivity index (χ3n) is 5.83. The first-order valence-corrected chi connectivity index (χ1v) is 13.4. The van der Waals surface area contributed by atoms with Crippen molar-refractivity contribution in [1.29, 1.82) is 0 Å². The SMILES string of the molecule is CN(C)CCNC(=O)Nc1cccc(NC(=O)c2cccc(C(=O)Nc3cccc(NC(=O)NCCN(C)C)c3)c2)c1. The maximum atomic E-state index is 12.9. The van der Waals surface area contributed by atoms with Gasteiger partial charge in [0.1, 0.15) is 0 Å². The monoisotopic (exact) mass is 574 g/mol. The first-order chi connectivity index (χ1) is 20.1. The van der Waals surface area contributed by atoms with E-state index in [-0.39, 0.29) is 23.2 Å². The first-order valence-electron chi connectivity index (χ1n) is 13.4. The van der Waals surface area contributed by atoms with Crippen LogP contribution in [0.3, 0.4) is 0 Å². The Morgan fingerprint density at radius 2 is 0.881 bits per heavy atom. The molecule has 222 valence electrons. The molecule has 0 aromatic heterocycles. The fourth-order valence-corrected chi connectivity index (χ4v) is 3.69. The van der Waals surface area contributed by atoms with Crippen molar-refractivity contribution in [2.75, 3.05) is 75.6 Å². The fourth-order valence-electron chi connectivity index (χ4n) is 3.69. The minimum atomic E-state index is -0.413. The van der Waals surface area contributed by atoms with Gasteiger partial charge in [-0.05, 0) is 82.8 Å². The first kappa shape index (κ1) is 31.6. The van der Waals surface area contributed by atoms with Crippen LogP contribution in [0.25, 0.3) is 0 Å². The average Bonchev–Trinajstić information content (AvgIpc) is 2.93. The molecule has 0 heterocycles. The Balaban J connectivity index is 1.57. The molecule has 3 rings (SSSR count). The van der Waals surface area contributed by atoms with E-state index in [1.54, 1.807) is 66.7 Å². The van der Waals surface area contributed by atoms with Crippen LogP contribution >= 0.6 is 0 Å². The number of nitrogens with zero attached hydrogens (tertiary/aromatic N) is 2. The van der Waals surface area contributed by atoms with Crippen LogP contribution in [0.5, 0.6) is 0 Å². The number of hydrogen-bond donors (Lipinski definition) is 6. The molecule has 0 fully saturated rings. The van der Waals surface area contributed by atoms with Gasteiger partial charge in [-0.3, -0.25) is 9.59 Å². The second-order valence-corrected chi connectivity index (χ2v) is 10.0. The molecule has 0 bridgehead atoms. The highest BCUT2D eigenvalue weighted by atomic mass is 16.2. The van der Waals surface area contributed by atoms with Crippen molar-refractivity contribution in [2.24, 2.45) is 0 Å². The molecule has 0 aliphatic heterocycles. The molecular formula is C30H38N8O4. The molecule has 6 amide bonds. The Bertz CT molecular complexity index is 1290. The number of amides is 6. The van der Waals surface area contributed by atoms with Crippen LogP contribution < -0.4 is 31.9 Å². The lowest BCUT2D eigenvalue weighted by Crippen LogP contribution is -2.34. The number of likely N-dealkylation sites (N-methyl/N-ethyl adjacent to an activating group) is 2. The largest absolute Gasteiger partial charge is 0.337 e. The Labute approximate surface area is 245 Å². The van der Waals surface area contributed by atoms with Crippen LogP contribution in [-0.4, -0.2) is 88.0 Å². The molecule has 0 radical (unpaired) electrons. The summed E-state index contributed by atoms with van der Waals surface area (Å²) in [5, 5.41) is 16.6. The van der Waals surface area contributed by atoms with E-state index in [4.69, 9.17) is 0 Å². The second-order valence-electron chi connectivity index (χ2n) is 10.0. The van der Waals surface area contributed by atoms with Gasteiger partial charge in [-0.2, -0.15) is 0 Å². The molecule has 3 aromatic rings. The second kappa shape index (κ2) is 15.7. The van der Waals surface area contributed by atoms with Gasteiger partial charge in [0, 0.05) is 60.1 Å². The topological polar surface area (TPSA) is 147 Å². The zero-order valence-electron chi connectivity index (χ0n) is 24.3. The summed E-state index contributed by atoms with van der Waals surface area (Å²) in [5.74, 6) is -0.826. The van der Waals surface area contributed by atoms with Gasteiger partial charge in [-0.25, -0.2) is 9.59 Å². The lowest BCUT2D eigenvalue weighted by molar-refractivity contribution is 0.102. The van der Waals surface area contributed by atoms with Crippen molar-refractivity contribution in [3.05, 3.63) is 83.9 Å². The van der Waals surface area contributed by atoms with Crippen LogP contribution in [0.2, 0.25) is 0 Å². The van der Waals surface area contributed by atoms with Crippen molar-refractivity contribution in [2.45, 2.75) is 0 Å². The summed E-state index contributed by atoms with van der Waals surface area (Å²) in [5.41, 5.74) is 2.57. The Morgan fingerprint density at radius 3 is 1.26 bits per heavy atom. The molecule has 3 aromatic carbocycles. The number of carbonyl (C=O) groups excluding carboxylic acids is 4. The van der Waals surface area contributed by atoms with E-state index in [0.29, 0.717) is 48.9 Å². The highest BCUT2D eigenvalue weighted by Crippen LogP contribution is 2.18. The van der Waals surface area contributed by atoms with Gasteiger partial charge in [-0.1, -0.05) is 18.2 Å². The lowest BCUT2D eigenvalue weighted by Gasteiger charge is -2.13. The van der Waals surface area contributed by atoms with Gasteiger partial charge in [0.15, 0.2) is 0 Å². The van der Waals surface area contributed by atoms with Crippen molar-refractivity contribution >= 4 is 46.6 Å². The van der Waals surface area contributed by atoms with Crippen LogP contribution in [0.1, 0.15) is 20.7 Å². The molecule has 42 heavy (non-hydrogen) atoms. The summed E-state index contributed by atoms with van der Waals surface area (Å²) in [6, 6.07) is 19.2. The molecule has 0 atom stereocenters. The standard InChI is InChI=1S/C30H38N8O4/c1-37(2)16-14-31-29(41)35-25-12-6-10-23(19-25)33-27(39)21-8-5-9-22(18-21)28(40)34-24-11-7-13-26(20-24)36-30(42)32-15-17-38(3)4/h5-13,18-20H,14-17H2,1-4H3,(H,33,39)(H,34,40)(H2,31,35,41)(H2,32,36,42). The zero-order valence-corrected chi connectivity index (χ0v) is 24.3. The van der Waals surface area contributed by atoms with E-state index >= 15 is 0 Å². The van der Waals surface area contributed by atoms with Crippen LogP contribution in [0.15, 0.2) is 72.8 Å². The molecule has 0 saturated carbocycles. The van der Waals surface area contributed by atoms with E-state index in [2.05, 4.69) is 31.9 Å². The Kier molecular flexibility index (Phi) is 11.8. The third kappa shape index (κ3) is 10.9. The predicted molar refractivity (Wildman–Crippen MR) is 166 cm³/mol. The smallest absolute Gasteiger partial charge is 0.319 e. The number of rotatable bonds is 12. The molecular weight excluding hydrogens is 536 g/mol. The van der Waals surface area contributed by atoms with Gasteiger partial charge in [-0.15, -0.1) is 0 Å². The summed E-state index contributed by atoms with van der Waals surface area (Å²) < 4.78 is 0. The highest BCUT2D eigenvalue weighted by Gasteiger charge is 2.13. The Morgan fingerprint density at radius 1 is 0.524 bits per heavy atom. The summed E-state index contributed by atoms with van der Waals surface area (Å²) in [6.07, 6.45) is 0. The van der Waals surface area contributed by atoms with Gasteiger partial charge in [0.2, 0.25) is 0 Å². The third-order valence-corrected chi connectivity index (χ3v) is 5.83. The maximum absolute atomic E-state index is 12.9. The summed E-state index contributed by atoms with van der Waals surface area (Å²) in [7, 11) is 7.68. The highest BCUT2D eigenvalue weighted by molar-refractivity contribution is 6.09.